The van der Waals surface area contributed by atoms with Gasteiger partial charge in [0.25, 0.3) is 0 Å². The lowest BCUT2D eigenvalue weighted by atomic mass is 10.3. The molecule has 74 valence electrons. The minimum Gasteiger partial charge on any atom is -0.330 e. The summed E-state index contributed by atoms with van der Waals surface area (Å²) in [5.41, 5.74) is 5.40. The average Bonchev–Trinajstić information content (AvgIpc) is 2.54. The molecule has 0 aliphatic carbocycles. The van der Waals surface area contributed by atoms with Crippen LogP contribution in [0.1, 0.15) is 32.0 Å². The minimum atomic E-state index is 0.741. The van der Waals surface area contributed by atoms with Crippen molar-refractivity contribution in [1.29, 1.82) is 0 Å². The van der Waals surface area contributed by atoms with E-state index in [1.807, 2.05) is 4.68 Å². The quantitative estimate of drug-likeness (QED) is 0.647. The van der Waals surface area contributed by atoms with Crippen molar-refractivity contribution < 1.29 is 0 Å². The fourth-order valence-corrected chi connectivity index (χ4v) is 1.21. The molecule has 1 aromatic heterocycles. The van der Waals surface area contributed by atoms with Gasteiger partial charge in [0, 0.05) is 13.0 Å². The molecule has 5 heteroatoms. The number of aromatic nitrogens is 4. The second kappa shape index (κ2) is 5.64. The topological polar surface area (TPSA) is 69.6 Å². The van der Waals surface area contributed by atoms with Gasteiger partial charge < -0.3 is 5.73 Å². The number of rotatable bonds is 6. The third kappa shape index (κ3) is 3.10. The molecule has 0 bridgehead atoms. The lowest BCUT2D eigenvalue weighted by Crippen LogP contribution is -2.08. The summed E-state index contributed by atoms with van der Waals surface area (Å²) in [7, 11) is 0. The molecule has 0 unspecified atom stereocenters. The molecule has 0 aromatic carbocycles. The molecule has 1 rings (SSSR count). The van der Waals surface area contributed by atoms with E-state index >= 15 is 0 Å². The van der Waals surface area contributed by atoms with Crippen LogP contribution in [0.3, 0.4) is 0 Å². The highest BCUT2D eigenvalue weighted by atomic mass is 15.5. The van der Waals surface area contributed by atoms with Gasteiger partial charge in [-0.25, -0.2) is 4.68 Å². The van der Waals surface area contributed by atoms with Crippen LogP contribution in [0.15, 0.2) is 0 Å². The third-order valence-corrected chi connectivity index (χ3v) is 1.90. The molecule has 13 heavy (non-hydrogen) atoms. The monoisotopic (exact) mass is 183 g/mol. The van der Waals surface area contributed by atoms with E-state index in [0.29, 0.717) is 0 Å². The number of nitrogens with zero attached hydrogens (tertiary/aromatic N) is 4. The second-order valence-corrected chi connectivity index (χ2v) is 3.06. The van der Waals surface area contributed by atoms with Gasteiger partial charge in [0.05, 0.1) is 0 Å². The molecule has 0 aliphatic heterocycles. The van der Waals surface area contributed by atoms with Crippen LogP contribution >= 0.6 is 0 Å². The summed E-state index contributed by atoms with van der Waals surface area (Å²) in [6, 6.07) is 0. The predicted octanol–water partition coefficient (Wildman–Crippen LogP) is 0.364. The summed E-state index contributed by atoms with van der Waals surface area (Å²) < 4.78 is 1.87. The van der Waals surface area contributed by atoms with Gasteiger partial charge in [0.2, 0.25) is 0 Å². The van der Waals surface area contributed by atoms with Gasteiger partial charge in [-0.15, -0.1) is 5.10 Å². The number of nitrogens with two attached hydrogens (primary N) is 1. The van der Waals surface area contributed by atoms with E-state index in [1.54, 1.807) is 0 Å². The molecule has 0 atom stereocenters. The van der Waals surface area contributed by atoms with Crippen molar-refractivity contribution >= 4 is 0 Å². The van der Waals surface area contributed by atoms with Crippen LogP contribution in [-0.2, 0) is 13.0 Å². The lowest BCUT2D eigenvalue weighted by molar-refractivity contribution is 0.523. The zero-order valence-electron chi connectivity index (χ0n) is 8.11. The Morgan fingerprint density at radius 1 is 1.38 bits per heavy atom. The molecule has 1 heterocycles. The maximum absolute atomic E-state index is 5.40. The van der Waals surface area contributed by atoms with Crippen LogP contribution in [0.2, 0.25) is 0 Å². The van der Waals surface area contributed by atoms with Crippen LogP contribution in [0.25, 0.3) is 0 Å². The highest BCUT2D eigenvalue weighted by Gasteiger charge is 2.03. The summed E-state index contributed by atoms with van der Waals surface area (Å²) in [5, 5.41) is 11.5. The lowest BCUT2D eigenvalue weighted by Gasteiger charge is -2.01. The zero-order chi connectivity index (χ0) is 9.52. The molecule has 0 saturated heterocycles. The third-order valence-electron chi connectivity index (χ3n) is 1.90. The Hall–Kier alpha value is -0.970. The van der Waals surface area contributed by atoms with Crippen LogP contribution < -0.4 is 5.73 Å². The Bertz CT molecular complexity index is 232. The van der Waals surface area contributed by atoms with Crippen molar-refractivity contribution in [3.05, 3.63) is 5.82 Å². The average molecular weight is 183 g/mol. The van der Waals surface area contributed by atoms with E-state index in [2.05, 4.69) is 22.4 Å². The van der Waals surface area contributed by atoms with E-state index in [9.17, 15) is 0 Å². The SMILES string of the molecule is CCCc1nnnn1CCCCN. The van der Waals surface area contributed by atoms with Crippen molar-refractivity contribution in [1.82, 2.24) is 20.2 Å². The molecular weight excluding hydrogens is 166 g/mol. The number of hydrogen-bond acceptors (Lipinski definition) is 4. The number of unbranched alkanes of at least 4 members (excludes halogenated alkanes) is 1. The van der Waals surface area contributed by atoms with E-state index in [-0.39, 0.29) is 0 Å². The number of tetrazole rings is 1. The second-order valence-electron chi connectivity index (χ2n) is 3.06. The van der Waals surface area contributed by atoms with Gasteiger partial charge in [-0.2, -0.15) is 0 Å². The van der Waals surface area contributed by atoms with E-state index in [4.69, 9.17) is 5.73 Å². The molecule has 0 saturated carbocycles. The van der Waals surface area contributed by atoms with Crippen molar-refractivity contribution in [3.8, 4) is 0 Å². The minimum absolute atomic E-state index is 0.741. The Balaban J connectivity index is 2.40. The molecule has 0 radical (unpaired) electrons. The standard InChI is InChI=1S/C8H17N5/c1-2-5-8-10-11-12-13(8)7-4-3-6-9/h2-7,9H2,1H3. The summed E-state index contributed by atoms with van der Waals surface area (Å²) in [6.07, 6.45) is 4.12. The van der Waals surface area contributed by atoms with Gasteiger partial charge in [0.1, 0.15) is 0 Å². The Morgan fingerprint density at radius 3 is 2.92 bits per heavy atom. The molecule has 5 nitrogen and oxygen atoms in total. The van der Waals surface area contributed by atoms with Crippen molar-refractivity contribution in [2.75, 3.05) is 6.54 Å². The van der Waals surface area contributed by atoms with E-state index < -0.39 is 0 Å². The molecule has 0 fully saturated rings. The first-order valence-corrected chi connectivity index (χ1v) is 4.83. The van der Waals surface area contributed by atoms with Gasteiger partial charge in [-0.1, -0.05) is 6.92 Å². The number of aryl methyl sites for hydroxylation is 2. The van der Waals surface area contributed by atoms with Gasteiger partial charge in [-0.05, 0) is 36.2 Å². The first-order valence-electron chi connectivity index (χ1n) is 4.83. The van der Waals surface area contributed by atoms with Crippen molar-refractivity contribution in [2.45, 2.75) is 39.2 Å². The zero-order valence-corrected chi connectivity index (χ0v) is 8.11. The molecule has 0 spiro atoms. The fraction of sp³-hybridized carbons (Fsp3) is 0.875. The number of hydrogen-bond donors (Lipinski definition) is 1. The molecule has 1 aromatic rings. The van der Waals surface area contributed by atoms with Gasteiger partial charge in [0.15, 0.2) is 5.82 Å². The van der Waals surface area contributed by atoms with Crippen LogP contribution in [0.5, 0.6) is 0 Å². The molecule has 0 amide bonds. The first-order chi connectivity index (χ1) is 6.38. The van der Waals surface area contributed by atoms with Crippen LogP contribution in [0.4, 0.5) is 0 Å². The summed E-state index contributed by atoms with van der Waals surface area (Å²) in [6.45, 7) is 3.75. The first kappa shape index (κ1) is 10.1. The van der Waals surface area contributed by atoms with Gasteiger partial charge >= 0.3 is 0 Å². The smallest absolute Gasteiger partial charge is 0.151 e. The van der Waals surface area contributed by atoms with Crippen molar-refractivity contribution in [2.24, 2.45) is 5.73 Å². The van der Waals surface area contributed by atoms with Crippen LogP contribution in [0, 0.1) is 0 Å². The van der Waals surface area contributed by atoms with Crippen LogP contribution in [-0.4, -0.2) is 26.8 Å². The summed E-state index contributed by atoms with van der Waals surface area (Å²) in [4.78, 5) is 0. The maximum Gasteiger partial charge on any atom is 0.151 e. The predicted molar refractivity (Wildman–Crippen MR) is 50.1 cm³/mol. The van der Waals surface area contributed by atoms with E-state index in [1.165, 1.54) is 0 Å². The maximum atomic E-state index is 5.40. The van der Waals surface area contributed by atoms with Gasteiger partial charge in [-0.3, -0.25) is 0 Å². The molecule has 0 aliphatic rings. The Morgan fingerprint density at radius 2 is 2.23 bits per heavy atom. The van der Waals surface area contributed by atoms with E-state index in [0.717, 1.165) is 44.6 Å². The Kier molecular flexibility index (Phi) is 4.39. The largest absolute Gasteiger partial charge is 0.330 e. The summed E-state index contributed by atoms with van der Waals surface area (Å²) >= 11 is 0. The fourth-order valence-electron chi connectivity index (χ4n) is 1.21. The normalized spacial score (nSPS) is 10.6. The highest BCUT2D eigenvalue weighted by molar-refractivity contribution is 4.79. The summed E-state index contributed by atoms with van der Waals surface area (Å²) in [5.74, 6) is 0.986. The molecular formula is C8H17N5. The Labute approximate surface area is 78.3 Å². The molecule has 2 N–H and O–H groups in total. The highest BCUT2D eigenvalue weighted by Crippen LogP contribution is 1.99. The van der Waals surface area contributed by atoms with Crippen molar-refractivity contribution in [3.63, 3.8) is 0 Å².